The van der Waals surface area contributed by atoms with Gasteiger partial charge in [-0.25, -0.2) is 4.79 Å². The lowest BCUT2D eigenvalue weighted by molar-refractivity contribution is 0.0533. The Morgan fingerprint density at radius 1 is 1.56 bits per heavy atom. The van der Waals surface area contributed by atoms with Gasteiger partial charge in [0.2, 0.25) is 0 Å². The molecule has 0 fully saturated rings. The van der Waals surface area contributed by atoms with Crippen molar-refractivity contribution in [1.82, 2.24) is 0 Å². The molecule has 0 saturated carbocycles. The van der Waals surface area contributed by atoms with Gasteiger partial charge in [0.1, 0.15) is 9.88 Å². The van der Waals surface area contributed by atoms with Crippen molar-refractivity contribution in [2.45, 2.75) is 38.1 Å². The molecule has 18 heavy (non-hydrogen) atoms. The highest BCUT2D eigenvalue weighted by Gasteiger charge is 2.22. The van der Waals surface area contributed by atoms with Crippen LogP contribution in [-0.2, 0) is 4.74 Å². The number of thiophene rings is 1. The number of hydrogen-bond donors (Lipinski definition) is 2. The molecule has 0 aliphatic carbocycles. The van der Waals surface area contributed by atoms with E-state index in [9.17, 15) is 4.79 Å². The zero-order chi connectivity index (χ0) is 13.7. The minimum absolute atomic E-state index is 0.340. The number of anilines is 2. The standard InChI is InChI=1S/C12H20N2O2S2/c1-5-7(3)14-11-9(17-4)8(13)10(18-11)12(15)16-6-2/h7,14H,5-6,13H2,1-4H3. The van der Waals surface area contributed by atoms with E-state index in [2.05, 4.69) is 19.2 Å². The summed E-state index contributed by atoms with van der Waals surface area (Å²) < 4.78 is 5.01. The molecule has 4 nitrogen and oxygen atoms in total. The number of rotatable bonds is 6. The van der Waals surface area contributed by atoms with Crippen LogP contribution in [0.15, 0.2) is 4.90 Å². The third-order valence-corrected chi connectivity index (χ3v) is 4.63. The minimum atomic E-state index is -0.340. The van der Waals surface area contributed by atoms with Gasteiger partial charge in [0, 0.05) is 6.04 Å². The van der Waals surface area contributed by atoms with E-state index in [4.69, 9.17) is 10.5 Å². The molecule has 102 valence electrons. The van der Waals surface area contributed by atoms with Crippen molar-refractivity contribution in [3.05, 3.63) is 4.88 Å². The van der Waals surface area contributed by atoms with Gasteiger partial charge in [-0.2, -0.15) is 0 Å². The molecule has 1 unspecified atom stereocenters. The number of esters is 1. The summed E-state index contributed by atoms with van der Waals surface area (Å²) in [5.74, 6) is -0.340. The molecule has 1 aromatic heterocycles. The Bertz CT molecular complexity index is 418. The molecule has 0 spiro atoms. The monoisotopic (exact) mass is 288 g/mol. The largest absolute Gasteiger partial charge is 0.462 e. The molecule has 0 aliphatic rings. The van der Waals surface area contributed by atoms with Crippen LogP contribution < -0.4 is 11.1 Å². The Hall–Kier alpha value is -0.880. The summed E-state index contributed by atoms with van der Waals surface area (Å²) in [6.45, 7) is 6.36. The van der Waals surface area contributed by atoms with Crippen molar-refractivity contribution >= 4 is 39.8 Å². The molecule has 3 N–H and O–H groups in total. The molecule has 0 radical (unpaired) electrons. The van der Waals surface area contributed by atoms with Crippen LogP contribution >= 0.6 is 23.1 Å². The number of carbonyl (C=O) groups excluding carboxylic acids is 1. The van der Waals surface area contributed by atoms with E-state index in [1.165, 1.54) is 11.3 Å². The summed E-state index contributed by atoms with van der Waals surface area (Å²) in [5.41, 5.74) is 6.54. The quantitative estimate of drug-likeness (QED) is 0.620. The van der Waals surface area contributed by atoms with E-state index in [-0.39, 0.29) is 5.97 Å². The van der Waals surface area contributed by atoms with Gasteiger partial charge in [0.15, 0.2) is 0 Å². The highest BCUT2D eigenvalue weighted by molar-refractivity contribution is 7.99. The van der Waals surface area contributed by atoms with Gasteiger partial charge in [-0.05, 0) is 26.5 Å². The maximum atomic E-state index is 11.8. The number of nitrogens with one attached hydrogen (secondary N) is 1. The van der Waals surface area contributed by atoms with Crippen molar-refractivity contribution in [3.8, 4) is 0 Å². The maximum Gasteiger partial charge on any atom is 0.350 e. The van der Waals surface area contributed by atoms with Crippen LogP contribution in [0, 0.1) is 0 Å². The Balaban J connectivity index is 3.04. The summed E-state index contributed by atoms with van der Waals surface area (Å²) in [6, 6.07) is 0.351. The lowest BCUT2D eigenvalue weighted by Gasteiger charge is -2.12. The number of nitrogens with two attached hydrogens (primary N) is 1. The molecule has 1 aromatic rings. The van der Waals surface area contributed by atoms with E-state index in [1.807, 2.05) is 6.26 Å². The molecule has 1 heterocycles. The van der Waals surface area contributed by atoms with E-state index in [0.717, 1.165) is 16.3 Å². The van der Waals surface area contributed by atoms with Gasteiger partial charge in [0.25, 0.3) is 0 Å². The molecular formula is C12H20N2O2S2. The molecule has 1 rings (SSSR count). The van der Waals surface area contributed by atoms with E-state index in [1.54, 1.807) is 18.7 Å². The molecule has 0 saturated heterocycles. The van der Waals surface area contributed by atoms with Crippen LogP contribution in [0.25, 0.3) is 0 Å². The van der Waals surface area contributed by atoms with Crippen molar-refractivity contribution in [1.29, 1.82) is 0 Å². The van der Waals surface area contributed by atoms with Gasteiger partial charge in [-0.15, -0.1) is 23.1 Å². The highest BCUT2D eigenvalue weighted by Crippen LogP contribution is 2.42. The highest BCUT2D eigenvalue weighted by atomic mass is 32.2. The molecule has 0 aromatic carbocycles. The summed E-state index contributed by atoms with van der Waals surface area (Å²) >= 11 is 2.92. The number of ether oxygens (including phenoxy) is 1. The summed E-state index contributed by atoms with van der Waals surface area (Å²) in [6.07, 6.45) is 2.97. The van der Waals surface area contributed by atoms with Gasteiger partial charge >= 0.3 is 5.97 Å². The fourth-order valence-electron chi connectivity index (χ4n) is 1.40. The van der Waals surface area contributed by atoms with Crippen LogP contribution in [-0.4, -0.2) is 24.9 Å². The Labute approximate surface area is 116 Å². The number of thioether (sulfide) groups is 1. The van der Waals surface area contributed by atoms with Crippen molar-refractivity contribution in [2.24, 2.45) is 0 Å². The second-order valence-corrected chi connectivity index (χ2v) is 5.72. The van der Waals surface area contributed by atoms with E-state index in [0.29, 0.717) is 23.2 Å². The molecular weight excluding hydrogens is 268 g/mol. The molecule has 0 aliphatic heterocycles. The van der Waals surface area contributed by atoms with Crippen molar-refractivity contribution in [3.63, 3.8) is 0 Å². The number of hydrogen-bond acceptors (Lipinski definition) is 6. The first-order chi connectivity index (χ1) is 8.54. The molecule has 0 bridgehead atoms. The second-order valence-electron chi connectivity index (χ2n) is 3.88. The predicted octanol–water partition coefficient (Wildman–Crippen LogP) is 3.44. The first-order valence-electron chi connectivity index (χ1n) is 5.94. The smallest absolute Gasteiger partial charge is 0.350 e. The van der Waals surface area contributed by atoms with E-state index < -0.39 is 0 Å². The van der Waals surface area contributed by atoms with Gasteiger partial charge in [0.05, 0.1) is 17.2 Å². The van der Waals surface area contributed by atoms with Crippen LogP contribution in [0.5, 0.6) is 0 Å². The minimum Gasteiger partial charge on any atom is -0.462 e. The third-order valence-electron chi connectivity index (χ3n) is 2.55. The van der Waals surface area contributed by atoms with Gasteiger partial charge in [-0.3, -0.25) is 0 Å². The summed E-state index contributed by atoms with van der Waals surface area (Å²) in [7, 11) is 0. The molecule has 1 atom stereocenters. The van der Waals surface area contributed by atoms with Crippen molar-refractivity contribution < 1.29 is 9.53 Å². The number of carbonyl (C=O) groups is 1. The Kier molecular flexibility index (Phi) is 5.81. The van der Waals surface area contributed by atoms with Crippen LogP contribution in [0.4, 0.5) is 10.7 Å². The normalized spacial score (nSPS) is 12.2. The maximum absolute atomic E-state index is 11.8. The number of nitrogen functional groups attached to an aromatic ring is 1. The second kappa shape index (κ2) is 6.89. The van der Waals surface area contributed by atoms with Crippen LogP contribution in [0.2, 0.25) is 0 Å². The average molecular weight is 288 g/mol. The molecule has 6 heteroatoms. The summed E-state index contributed by atoms with van der Waals surface area (Å²) in [4.78, 5) is 13.2. The van der Waals surface area contributed by atoms with Crippen molar-refractivity contribution in [2.75, 3.05) is 23.9 Å². The lowest BCUT2D eigenvalue weighted by atomic mass is 10.3. The Morgan fingerprint density at radius 3 is 2.72 bits per heavy atom. The van der Waals surface area contributed by atoms with Crippen LogP contribution in [0.3, 0.4) is 0 Å². The van der Waals surface area contributed by atoms with Gasteiger partial charge < -0.3 is 15.8 Å². The van der Waals surface area contributed by atoms with Gasteiger partial charge in [-0.1, -0.05) is 6.92 Å². The van der Waals surface area contributed by atoms with Crippen LogP contribution in [0.1, 0.15) is 36.9 Å². The average Bonchev–Trinajstić information content (AvgIpc) is 2.65. The third kappa shape index (κ3) is 3.32. The topological polar surface area (TPSA) is 64.3 Å². The zero-order valence-corrected chi connectivity index (χ0v) is 12.8. The Morgan fingerprint density at radius 2 is 2.22 bits per heavy atom. The SMILES string of the molecule is CCOC(=O)c1sc(NC(C)CC)c(SC)c1N. The van der Waals surface area contributed by atoms with E-state index >= 15 is 0 Å². The lowest BCUT2D eigenvalue weighted by Crippen LogP contribution is -2.12. The predicted molar refractivity (Wildman–Crippen MR) is 79.8 cm³/mol. The fourth-order valence-corrected chi connectivity index (χ4v) is 3.43. The first-order valence-corrected chi connectivity index (χ1v) is 7.99. The molecule has 0 amide bonds. The zero-order valence-electron chi connectivity index (χ0n) is 11.2. The fraction of sp³-hybridized carbons (Fsp3) is 0.583. The summed E-state index contributed by atoms with van der Waals surface area (Å²) in [5, 5.41) is 4.34. The first kappa shape index (κ1) is 15.2.